The lowest BCUT2D eigenvalue weighted by Gasteiger charge is -2.31. The number of carboxylic acid groups (broad SMARTS) is 2. The average Bonchev–Trinajstić information content (AvgIpc) is 3.26. The molecule has 0 saturated heterocycles. The second kappa shape index (κ2) is 23.8. The average molecular weight is 923 g/mol. The van der Waals surface area contributed by atoms with E-state index in [-0.39, 0.29) is 57.6 Å². The molecule has 4 aromatic rings. The van der Waals surface area contributed by atoms with E-state index in [1.807, 2.05) is 0 Å². The lowest BCUT2D eigenvalue weighted by atomic mass is 9.74. The van der Waals surface area contributed by atoms with Crippen molar-refractivity contribution in [1.29, 1.82) is 0 Å². The van der Waals surface area contributed by atoms with Crippen LogP contribution in [-0.2, 0) is 0 Å². The van der Waals surface area contributed by atoms with Crippen LogP contribution in [0.3, 0.4) is 0 Å². The minimum absolute atomic E-state index is 0.0508. The molecular weight excluding hydrogens is 869 g/mol. The molecule has 2 aliphatic rings. The van der Waals surface area contributed by atoms with Crippen molar-refractivity contribution < 1.29 is 54.9 Å². The standard InChI is InChI=1S/C25H28F4O2S.C24H26F4O2S/c1-2-3-4-6-15-9-11-16(12-10-15)21-17(7-5-8-19(21)24(30)31)18-13-14-20(32-25(28)29)23(27)22(18)26;1-2-3-5-14-8-10-15(11-9-14)20-16(6-4-7-18(20)23(29)30)17-12-13-19(31-24(27)28)22(26)21(17)25/h5,7-8,13-16,25H,2-4,6,9-12H2,1H3,(H,30,31);4,6-7,12-15,24H,2-3,5,8-11H2,1H3,(H,29,30)/t15-,16-;14-,15-. The highest BCUT2D eigenvalue weighted by atomic mass is 32.2. The van der Waals surface area contributed by atoms with Crippen LogP contribution in [0.2, 0.25) is 0 Å². The molecule has 0 amide bonds. The van der Waals surface area contributed by atoms with Crippen molar-refractivity contribution in [3.8, 4) is 22.3 Å². The number of rotatable bonds is 17. The van der Waals surface area contributed by atoms with Gasteiger partial charge in [0.2, 0.25) is 0 Å². The highest BCUT2D eigenvalue weighted by Crippen LogP contribution is 2.46. The van der Waals surface area contributed by atoms with Crippen LogP contribution >= 0.6 is 23.5 Å². The number of alkyl halides is 4. The lowest BCUT2D eigenvalue weighted by Crippen LogP contribution is -2.17. The normalized spacial score (nSPS) is 18.9. The van der Waals surface area contributed by atoms with Crippen molar-refractivity contribution in [1.82, 2.24) is 0 Å². The van der Waals surface area contributed by atoms with Gasteiger partial charge in [-0.3, -0.25) is 0 Å². The second-order valence-electron chi connectivity index (χ2n) is 16.5. The zero-order chi connectivity index (χ0) is 45.8. The van der Waals surface area contributed by atoms with Gasteiger partial charge in [0.1, 0.15) is 0 Å². The first-order valence-corrected chi connectivity index (χ1v) is 23.5. The predicted octanol–water partition coefficient (Wildman–Crippen LogP) is 16.6. The largest absolute Gasteiger partial charge is 0.478 e. The zero-order valence-corrected chi connectivity index (χ0v) is 37.0. The molecule has 2 aliphatic carbocycles. The Bertz CT molecular complexity index is 2170. The molecule has 0 spiro atoms. The van der Waals surface area contributed by atoms with Crippen molar-refractivity contribution in [2.45, 2.75) is 143 Å². The van der Waals surface area contributed by atoms with Gasteiger partial charge in [-0.05, 0) is 122 Å². The summed E-state index contributed by atoms with van der Waals surface area (Å²) in [6, 6.07) is 14.0. The van der Waals surface area contributed by atoms with Crippen LogP contribution in [0.5, 0.6) is 0 Å². The third-order valence-corrected chi connectivity index (χ3v) is 14.0. The van der Waals surface area contributed by atoms with Crippen molar-refractivity contribution >= 4 is 35.5 Å². The number of thioether (sulfide) groups is 2. The molecule has 0 heterocycles. The van der Waals surface area contributed by atoms with E-state index in [9.17, 15) is 54.9 Å². The van der Waals surface area contributed by atoms with Crippen LogP contribution in [0.1, 0.15) is 154 Å². The van der Waals surface area contributed by atoms with Gasteiger partial charge >= 0.3 is 11.9 Å². The molecule has 4 nitrogen and oxygen atoms in total. The first kappa shape index (κ1) is 50.0. The summed E-state index contributed by atoms with van der Waals surface area (Å²) in [7, 11) is 0. The second-order valence-corrected chi connectivity index (χ2v) is 18.5. The molecule has 6 rings (SSSR count). The summed E-state index contributed by atoms with van der Waals surface area (Å²) in [5.74, 6) is -12.0. The summed E-state index contributed by atoms with van der Waals surface area (Å²) < 4.78 is 109. The molecule has 0 atom stereocenters. The van der Waals surface area contributed by atoms with E-state index in [1.54, 1.807) is 12.1 Å². The van der Waals surface area contributed by atoms with E-state index in [0.29, 0.717) is 34.1 Å². The van der Waals surface area contributed by atoms with E-state index in [4.69, 9.17) is 0 Å². The van der Waals surface area contributed by atoms with E-state index >= 15 is 0 Å². The number of hydrogen-bond acceptors (Lipinski definition) is 4. The Hall–Kier alpha value is -4.04. The SMILES string of the molecule is CCCCC[C@H]1CC[C@H](c2c(C(=O)O)cccc2-c2ccc(SC(F)F)c(F)c2F)CC1.CCCC[C@H]1CC[C@H](c2c(C(=O)O)cccc2-c2ccc(SC(F)F)c(F)c2F)CC1. The first-order valence-electron chi connectivity index (χ1n) is 21.7. The summed E-state index contributed by atoms with van der Waals surface area (Å²) in [6.07, 6.45) is 15.2. The molecule has 14 heteroatoms. The molecule has 0 bridgehead atoms. The molecule has 0 unspecified atom stereocenters. The summed E-state index contributed by atoms with van der Waals surface area (Å²) in [5.41, 5.74) is 1.65. The number of halogens is 8. The first-order chi connectivity index (χ1) is 30.2. The Morgan fingerprint density at radius 3 is 1.25 bits per heavy atom. The highest BCUT2D eigenvalue weighted by Gasteiger charge is 2.31. The molecule has 0 aliphatic heterocycles. The van der Waals surface area contributed by atoms with Crippen LogP contribution in [0.15, 0.2) is 70.5 Å². The maximum absolute atomic E-state index is 14.9. The maximum Gasteiger partial charge on any atom is 0.335 e. The Kier molecular flexibility index (Phi) is 18.8. The molecule has 342 valence electrons. The quantitative estimate of drug-likeness (QED) is 0.0624. The number of unbranched alkanes of at least 4 members (excludes halogenated alkanes) is 3. The smallest absolute Gasteiger partial charge is 0.335 e. The topological polar surface area (TPSA) is 74.6 Å². The molecule has 2 saturated carbocycles. The van der Waals surface area contributed by atoms with E-state index in [1.165, 1.54) is 62.1 Å². The molecule has 4 aromatic carbocycles. The molecule has 2 N–H and O–H groups in total. The van der Waals surface area contributed by atoms with E-state index in [2.05, 4.69) is 13.8 Å². The van der Waals surface area contributed by atoms with Crippen molar-refractivity contribution in [2.24, 2.45) is 11.8 Å². The Labute approximate surface area is 372 Å². The van der Waals surface area contributed by atoms with Gasteiger partial charge in [0.05, 0.1) is 20.9 Å². The maximum atomic E-state index is 14.9. The van der Waals surface area contributed by atoms with Crippen LogP contribution in [0.4, 0.5) is 35.1 Å². The van der Waals surface area contributed by atoms with Crippen LogP contribution in [0.25, 0.3) is 22.3 Å². The number of aromatic carboxylic acids is 2. The van der Waals surface area contributed by atoms with E-state index < -0.39 is 56.5 Å². The summed E-state index contributed by atoms with van der Waals surface area (Å²) >= 11 is -0.103. The van der Waals surface area contributed by atoms with Gasteiger partial charge in [0.25, 0.3) is 11.5 Å². The number of carbonyl (C=O) groups is 2. The predicted molar refractivity (Wildman–Crippen MR) is 234 cm³/mol. The molecule has 0 aromatic heterocycles. The Morgan fingerprint density at radius 2 is 0.905 bits per heavy atom. The number of carboxylic acids is 2. The van der Waals surface area contributed by atoms with Crippen LogP contribution < -0.4 is 0 Å². The Balaban J connectivity index is 0.000000238. The monoisotopic (exact) mass is 922 g/mol. The third kappa shape index (κ3) is 12.8. The fraction of sp³-hybridized carbons (Fsp3) is 0.469. The van der Waals surface area contributed by atoms with Gasteiger partial charge in [-0.1, -0.05) is 119 Å². The van der Waals surface area contributed by atoms with Gasteiger partial charge in [-0.2, -0.15) is 17.6 Å². The minimum atomic E-state index is -2.87. The summed E-state index contributed by atoms with van der Waals surface area (Å²) in [6.45, 7) is 4.32. The van der Waals surface area contributed by atoms with E-state index in [0.717, 1.165) is 82.8 Å². The molecular formula is C49H54F8O4S2. The summed E-state index contributed by atoms with van der Waals surface area (Å²) in [5, 5.41) is 19.5. The lowest BCUT2D eigenvalue weighted by molar-refractivity contribution is 0.0683. The summed E-state index contributed by atoms with van der Waals surface area (Å²) in [4.78, 5) is 22.9. The van der Waals surface area contributed by atoms with Gasteiger partial charge < -0.3 is 10.2 Å². The molecule has 63 heavy (non-hydrogen) atoms. The van der Waals surface area contributed by atoms with Crippen LogP contribution in [0, 0.1) is 35.1 Å². The minimum Gasteiger partial charge on any atom is -0.478 e. The number of benzene rings is 4. The van der Waals surface area contributed by atoms with Crippen molar-refractivity contribution in [2.75, 3.05) is 0 Å². The Morgan fingerprint density at radius 1 is 0.524 bits per heavy atom. The van der Waals surface area contributed by atoms with Crippen LogP contribution in [-0.4, -0.2) is 33.7 Å². The number of hydrogen-bond donors (Lipinski definition) is 2. The van der Waals surface area contributed by atoms with Gasteiger partial charge in [-0.25, -0.2) is 27.2 Å². The zero-order valence-electron chi connectivity index (χ0n) is 35.4. The third-order valence-electron chi connectivity index (χ3n) is 12.5. The van der Waals surface area contributed by atoms with Crippen molar-refractivity contribution in [3.05, 3.63) is 106 Å². The fourth-order valence-electron chi connectivity index (χ4n) is 9.36. The van der Waals surface area contributed by atoms with Gasteiger partial charge in [0.15, 0.2) is 23.3 Å². The molecule has 0 radical (unpaired) electrons. The highest BCUT2D eigenvalue weighted by molar-refractivity contribution is 7.99. The van der Waals surface area contributed by atoms with Gasteiger partial charge in [0, 0.05) is 11.1 Å². The van der Waals surface area contributed by atoms with Crippen molar-refractivity contribution in [3.63, 3.8) is 0 Å². The van der Waals surface area contributed by atoms with Gasteiger partial charge in [-0.15, -0.1) is 0 Å². The fourth-order valence-corrected chi connectivity index (χ4v) is 10.4. The molecule has 2 fully saturated rings.